The van der Waals surface area contributed by atoms with Gasteiger partial charge in [0.25, 0.3) is 17.4 Å². The van der Waals surface area contributed by atoms with Gasteiger partial charge in [0.2, 0.25) is 0 Å². The lowest BCUT2D eigenvalue weighted by molar-refractivity contribution is -0.158. The maximum absolute atomic E-state index is 13.9. The molecule has 0 aliphatic carbocycles. The number of nitrogens with zero attached hydrogens (tertiary/aromatic N) is 3. The minimum Gasteiger partial charge on any atom is -0.460 e. The zero-order chi connectivity index (χ0) is 27.8. The summed E-state index contributed by atoms with van der Waals surface area (Å²) >= 11 is 0. The third-order valence-electron chi connectivity index (χ3n) is 8.38. The number of rotatable bonds is 5. The number of amides is 2. The summed E-state index contributed by atoms with van der Waals surface area (Å²) in [6, 6.07) is 17.9. The highest BCUT2D eigenvalue weighted by molar-refractivity contribution is 6.21. The van der Waals surface area contributed by atoms with E-state index in [9.17, 15) is 24.0 Å². The first-order chi connectivity index (χ1) is 19.3. The molecule has 198 valence electrons. The first-order valence-corrected chi connectivity index (χ1v) is 13.2. The van der Waals surface area contributed by atoms with E-state index in [1.165, 1.54) is 0 Å². The highest BCUT2D eigenvalue weighted by atomic mass is 16.5. The predicted molar refractivity (Wildman–Crippen MR) is 144 cm³/mol. The van der Waals surface area contributed by atoms with Crippen molar-refractivity contribution in [2.45, 2.75) is 38.3 Å². The fraction of sp³-hybridized carbons (Fsp3) is 0.226. The molecule has 2 aromatic carbocycles. The van der Waals surface area contributed by atoms with Crippen molar-refractivity contribution >= 4 is 34.5 Å². The van der Waals surface area contributed by atoms with Crippen LogP contribution in [0.4, 0.5) is 0 Å². The number of ether oxygens (including phenoxy) is 1. The Balaban J connectivity index is 1.29. The number of fused-ring (bicyclic) bond motifs is 6. The molecule has 3 aliphatic heterocycles. The lowest BCUT2D eigenvalue weighted by atomic mass is 9.70. The first kappa shape index (κ1) is 24.1. The molecule has 0 bridgehead atoms. The fourth-order valence-corrected chi connectivity index (χ4v) is 6.27. The van der Waals surface area contributed by atoms with E-state index in [0.717, 1.165) is 21.4 Å². The number of benzene rings is 2. The van der Waals surface area contributed by atoms with Crippen molar-refractivity contribution in [2.24, 2.45) is 0 Å². The zero-order valence-corrected chi connectivity index (χ0v) is 21.6. The number of carbonyl (C=O) groups excluding carboxylic acids is 4. The van der Waals surface area contributed by atoms with Crippen molar-refractivity contribution in [3.8, 4) is 11.4 Å². The molecule has 7 rings (SSSR count). The molecule has 2 amide bonds. The van der Waals surface area contributed by atoms with Gasteiger partial charge in [0.05, 0.1) is 40.1 Å². The third kappa shape index (κ3) is 3.14. The van der Waals surface area contributed by atoms with Gasteiger partial charge in [0.15, 0.2) is 11.2 Å². The quantitative estimate of drug-likeness (QED) is 0.193. The van der Waals surface area contributed by atoms with Crippen LogP contribution in [0.5, 0.6) is 0 Å². The van der Waals surface area contributed by atoms with E-state index < -0.39 is 29.0 Å². The van der Waals surface area contributed by atoms with Crippen LogP contribution < -0.4 is 5.56 Å². The number of hydrogen-bond acceptors (Lipinski definition) is 7. The fourth-order valence-electron chi connectivity index (χ4n) is 6.27. The molecule has 0 fully saturated rings. The van der Waals surface area contributed by atoms with Gasteiger partial charge in [-0.2, -0.15) is 0 Å². The van der Waals surface area contributed by atoms with E-state index in [0.29, 0.717) is 23.5 Å². The summed E-state index contributed by atoms with van der Waals surface area (Å²) in [6.07, 6.45) is -0.202. The summed E-state index contributed by atoms with van der Waals surface area (Å²) in [7, 11) is 0. The first-order valence-electron chi connectivity index (χ1n) is 13.2. The molecule has 0 radical (unpaired) electrons. The van der Waals surface area contributed by atoms with Crippen LogP contribution in [0, 0.1) is 0 Å². The molecule has 4 aromatic rings. The number of esters is 1. The molecule has 0 N–H and O–H groups in total. The number of carbonyl (C=O) groups is 4. The molecule has 0 saturated heterocycles. The SMILES string of the molecule is CC[C@@]1(C(=O)CCN2C(=O)c3ccccc3C2=O)C(=O)OCc2c1cc1n(c2=O)Cc2cc3ccccc3nc2-1. The smallest absolute Gasteiger partial charge is 0.324 e. The summed E-state index contributed by atoms with van der Waals surface area (Å²) in [4.78, 5) is 72.5. The summed E-state index contributed by atoms with van der Waals surface area (Å²) in [5, 5.41) is 0.955. The summed E-state index contributed by atoms with van der Waals surface area (Å²) in [6.45, 7) is 1.61. The monoisotopic (exact) mass is 533 g/mol. The van der Waals surface area contributed by atoms with Crippen LogP contribution in [0.2, 0.25) is 0 Å². The van der Waals surface area contributed by atoms with Crippen molar-refractivity contribution in [3.05, 3.63) is 98.8 Å². The van der Waals surface area contributed by atoms with Crippen molar-refractivity contribution < 1.29 is 23.9 Å². The molecule has 0 unspecified atom stereocenters. The topological polar surface area (TPSA) is 116 Å². The number of aromatic nitrogens is 2. The molecule has 9 nitrogen and oxygen atoms in total. The maximum Gasteiger partial charge on any atom is 0.324 e. The van der Waals surface area contributed by atoms with Crippen LogP contribution in [0.1, 0.15) is 57.2 Å². The second-order valence-corrected chi connectivity index (χ2v) is 10.3. The van der Waals surface area contributed by atoms with Crippen LogP contribution >= 0.6 is 0 Å². The molecule has 9 heteroatoms. The number of hydrogen-bond donors (Lipinski definition) is 0. The minimum atomic E-state index is -1.74. The molecular formula is C31H23N3O6. The van der Waals surface area contributed by atoms with Crippen LogP contribution in [0.3, 0.4) is 0 Å². The van der Waals surface area contributed by atoms with Gasteiger partial charge in [-0.25, -0.2) is 4.98 Å². The number of pyridine rings is 2. The Morgan fingerprint density at radius 3 is 2.40 bits per heavy atom. The van der Waals surface area contributed by atoms with E-state index in [4.69, 9.17) is 9.72 Å². The average molecular weight is 534 g/mol. The van der Waals surface area contributed by atoms with Crippen molar-refractivity contribution in [1.82, 2.24) is 14.5 Å². The molecule has 5 heterocycles. The minimum absolute atomic E-state index is 0.0562. The van der Waals surface area contributed by atoms with Crippen molar-refractivity contribution in [1.29, 1.82) is 0 Å². The second-order valence-electron chi connectivity index (χ2n) is 10.3. The second kappa shape index (κ2) is 8.54. The molecule has 0 spiro atoms. The average Bonchev–Trinajstić information content (AvgIpc) is 3.44. The molecule has 40 heavy (non-hydrogen) atoms. The van der Waals surface area contributed by atoms with E-state index >= 15 is 0 Å². The summed E-state index contributed by atoms with van der Waals surface area (Å²) < 4.78 is 7.05. The number of imide groups is 1. The predicted octanol–water partition coefficient (Wildman–Crippen LogP) is 3.39. The Kier molecular flexibility index (Phi) is 5.15. The van der Waals surface area contributed by atoms with Gasteiger partial charge in [-0.15, -0.1) is 0 Å². The molecule has 0 saturated carbocycles. The number of cyclic esters (lactones) is 1. The highest BCUT2D eigenvalue weighted by Crippen LogP contribution is 2.41. The Morgan fingerprint density at radius 2 is 1.68 bits per heavy atom. The summed E-state index contributed by atoms with van der Waals surface area (Å²) in [5.41, 5.74) is 1.93. The summed E-state index contributed by atoms with van der Waals surface area (Å²) in [5.74, 6) is -2.19. The number of Topliss-reactive ketones (excluding diaryl/α,β-unsaturated/α-hetero) is 1. The van der Waals surface area contributed by atoms with E-state index in [1.54, 1.807) is 41.8 Å². The van der Waals surface area contributed by atoms with Crippen LogP contribution in [0.25, 0.3) is 22.3 Å². The highest BCUT2D eigenvalue weighted by Gasteiger charge is 2.52. The van der Waals surface area contributed by atoms with Crippen molar-refractivity contribution in [3.63, 3.8) is 0 Å². The van der Waals surface area contributed by atoms with Gasteiger partial charge >= 0.3 is 5.97 Å². The maximum atomic E-state index is 13.9. The van der Waals surface area contributed by atoms with E-state index in [1.807, 2.05) is 30.3 Å². The Hall–Kier alpha value is -4.92. The van der Waals surface area contributed by atoms with Crippen LogP contribution in [-0.4, -0.2) is 44.6 Å². The molecule has 2 aromatic heterocycles. The molecule has 3 aliphatic rings. The number of para-hydroxylation sites is 1. The normalized spacial score (nSPS) is 18.8. The van der Waals surface area contributed by atoms with Gasteiger partial charge in [0, 0.05) is 23.9 Å². The van der Waals surface area contributed by atoms with E-state index in [-0.39, 0.29) is 48.2 Å². The number of ketones is 1. The Labute approximate surface area is 228 Å². The van der Waals surface area contributed by atoms with Gasteiger partial charge < -0.3 is 9.30 Å². The third-order valence-corrected chi connectivity index (χ3v) is 8.38. The van der Waals surface area contributed by atoms with Crippen LogP contribution in [-0.2, 0) is 32.9 Å². The standard InChI is InChI=1S/C31H23N3O6/c1-2-31(25(35)11-12-33-27(36)19-8-4-5-9-20(19)28(33)37)22-14-24-26-18(13-17-7-3-6-10-23(17)32-26)15-34(24)29(38)21(22)16-40-30(31)39/h3-10,13-14H,2,11-12,15-16H2,1H3/t31-/m1/s1. The van der Waals surface area contributed by atoms with Gasteiger partial charge in [0.1, 0.15) is 6.61 Å². The molecular weight excluding hydrogens is 510 g/mol. The largest absolute Gasteiger partial charge is 0.460 e. The van der Waals surface area contributed by atoms with Gasteiger partial charge in [-0.05, 0) is 42.3 Å². The van der Waals surface area contributed by atoms with Crippen molar-refractivity contribution in [2.75, 3.05) is 6.54 Å². The van der Waals surface area contributed by atoms with Gasteiger partial charge in [-0.3, -0.25) is 28.9 Å². The Morgan fingerprint density at radius 1 is 0.975 bits per heavy atom. The van der Waals surface area contributed by atoms with Crippen LogP contribution in [0.15, 0.2) is 65.5 Å². The lowest BCUT2D eigenvalue weighted by Crippen LogP contribution is -2.50. The molecule has 1 atom stereocenters. The lowest BCUT2D eigenvalue weighted by Gasteiger charge is -2.35. The van der Waals surface area contributed by atoms with Gasteiger partial charge in [-0.1, -0.05) is 37.3 Å². The van der Waals surface area contributed by atoms with E-state index in [2.05, 4.69) is 0 Å². The Bertz CT molecular complexity index is 1860. The zero-order valence-electron chi connectivity index (χ0n) is 21.6.